The summed E-state index contributed by atoms with van der Waals surface area (Å²) < 4.78 is 13.4. The first-order valence-corrected chi connectivity index (χ1v) is 21.0. The van der Waals surface area contributed by atoms with Crippen LogP contribution in [0, 0.1) is 5.92 Å². The molecule has 7 nitrogen and oxygen atoms in total. The van der Waals surface area contributed by atoms with Gasteiger partial charge >= 0.3 is 0 Å². The van der Waals surface area contributed by atoms with Crippen LogP contribution in [0.15, 0.2) is 108 Å². The molecular weight excluding hydrogens is 708 g/mol. The third-order valence-electron chi connectivity index (χ3n) is 11.3. The Morgan fingerprint density at radius 2 is 1.66 bits per heavy atom. The minimum atomic E-state index is -2.29. The Morgan fingerprint density at radius 3 is 2.40 bits per heavy atom. The van der Waals surface area contributed by atoms with Crippen LogP contribution < -0.4 is 19.7 Å². The molecule has 0 bridgehead atoms. The Hall–Kier alpha value is -4.28. The highest BCUT2D eigenvalue weighted by Crippen LogP contribution is 2.60. The molecule has 254 valence electrons. The number of amides is 2. The SMILES string of the molecule is COc1ccc([Si](C)(C)[C@@H]2[C@@H](CCO)O[C@]3(C(=O)N(Cc4cccc(N5C(=O)c6cccc7cccc5c67)c4)c4ccc(Br)cc43)[C@H]2C)cc1. The molecule has 0 saturated carbocycles. The molecule has 50 heavy (non-hydrogen) atoms. The standard InChI is InChI=1S/C41H39BrN2O5Si/c1-25-38(50(3,4)31-17-15-30(48-2)16-18-31)36(20-21-45)49-41(25)33-23-28(42)14-19-34(33)43(40(41)47)24-26-8-5-11-29(22-26)44-35-13-7-10-27-9-6-12-32(37(27)35)39(44)46/h5-19,22-23,25,36,38,45H,20-21,24H2,1-4H3/t25-,36+,38-,41+/m0/s1. The smallest absolute Gasteiger partial charge is 0.264 e. The van der Waals surface area contributed by atoms with Crippen LogP contribution in [0.2, 0.25) is 18.6 Å². The minimum absolute atomic E-state index is 0.0279. The van der Waals surface area contributed by atoms with Gasteiger partial charge in [-0.05, 0) is 77.5 Å². The van der Waals surface area contributed by atoms with Gasteiger partial charge in [0.2, 0.25) is 0 Å². The first-order chi connectivity index (χ1) is 24.1. The van der Waals surface area contributed by atoms with Gasteiger partial charge in [0.15, 0.2) is 5.60 Å². The van der Waals surface area contributed by atoms with Crippen LogP contribution in [0.4, 0.5) is 17.1 Å². The van der Waals surface area contributed by atoms with E-state index in [1.54, 1.807) is 12.0 Å². The number of carbonyl (C=O) groups excluding carboxylic acids is 2. The van der Waals surface area contributed by atoms with Gasteiger partial charge in [-0.25, -0.2) is 0 Å². The average molecular weight is 748 g/mol. The molecule has 9 heteroatoms. The summed E-state index contributed by atoms with van der Waals surface area (Å²) in [4.78, 5) is 32.4. The summed E-state index contributed by atoms with van der Waals surface area (Å²) in [6.45, 7) is 7.12. The molecule has 0 radical (unpaired) electrons. The van der Waals surface area contributed by atoms with Crippen LogP contribution in [-0.2, 0) is 21.7 Å². The molecule has 5 aromatic carbocycles. The zero-order chi connectivity index (χ0) is 34.9. The fraction of sp³-hybridized carbons (Fsp3) is 0.268. The van der Waals surface area contributed by atoms with Gasteiger partial charge in [0.05, 0.1) is 44.8 Å². The van der Waals surface area contributed by atoms with Crippen molar-refractivity contribution in [3.8, 4) is 5.75 Å². The zero-order valence-corrected chi connectivity index (χ0v) is 31.1. The minimum Gasteiger partial charge on any atom is -0.497 e. The number of benzene rings is 5. The normalized spacial score (nSPS) is 22.6. The van der Waals surface area contributed by atoms with Gasteiger partial charge in [0.25, 0.3) is 11.8 Å². The molecule has 1 saturated heterocycles. The highest BCUT2D eigenvalue weighted by molar-refractivity contribution is 9.10. The Kier molecular flexibility index (Phi) is 8.02. The molecular formula is C41H39BrN2O5Si. The number of hydrogen-bond donors (Lipinski definition) is 1. The molecule has 3 aliphatic heterocycles. The molecule has 4 atom stereocenters. The van der Waals surface area contributed by atoms with E-state index in [9.17, 15) is 9.90 Å². The molecule has 5 aromatic rings. The molecule has 0 aromatic heterocycles. The number of ether oxygens (including phenoxy) is 2. The van der Waals surface area contributed by atoms with E-state index in [2.05, 4.69) is 48.1 Å². The van der Waals surface area contributed by atoms with Crippen molar-refractivity contribution in [1.82, 2.24) is 0 Å². The van der Waals surface area contributed by atoms with Gasteiger partial charge in [-0.15, -0.1) is 0 Å². The van der Waals surface area contributed by atoms with Crippen molar-refractivity contribution in [2.24, 2.45) is 5.92 Å². The van der Waals surface area contributed by atoms with Crippen molar-refractivity contribution in [3.05, 3.63) is 124 Å². The average Bonchev–Trinajstić information content (AvgIpc) is 3.67. The molecule has 0 aliphatic carbocycles. The second-order valence-corrected chi connectivity index (χ2v) is 19.8. The van der Waals surface area contributed by atoms with Gasteiger partial charge in [-0.3, -0.25) is 14.5 Å². The van der Waals surface area contributed by atoms with E-state index in [0.717, 1.165) is 49.2 Å². The third-order valence-corrected chi connectivity index (χ3v) is 16.1. The molecule has 1 fully saturated rings. The third kappa shape index (κ3) is 4.81. The maximum Gasteiger partial charge on any atom is 0.264 e. The van der Waals surface area contributed by atoms with E-state index < -0.39 is 13.7 Å². The lowest BCUT2D eigenvalue weighted by Gasteiger charge is -2.37. The van der Waals surface area contributed by atoms with Crippen molar-refractivity contribution in [3.63, 3.8) is 0 Å². The summed E-state index contributed by atoms with van der Waals surface area (Å²) >= 11 is 3.68. The van der Waals surface area contributed by atoms with Crippen LogP contribution in [0.25, 0.3) is 10.8 Å². The number of aliphatic hydroxyl groups excluding tert-OH is 1. The van der Waals surface area contributed by atoms with Crippen LogP contribution in [0.5, 0.6) is 5.75 Å². The first kappa shape index (κ1) is 32.9. The molecule has 8 rings (SSSR count). The number of methoxy groups -OCH3 is 1. The number of nitrogens with zero attached hydrogens (tertiary/aromatic N) is 2. The summed E-state index contributed by atoms with van der Waals surface area (Å²) in [6, 6.07) is 34.0. The molecule has 1 N–H and O–H groups in total. The first-order valence-electron chi connectivity index (χ1n) is 17.1. The molecule has 2 amide bonds. The number of aliphatic hydroxyl groups is 1. The number of fused-ring (bicyclic) bond motifs is 2. The van der Waals surface area contributed by atoms with Crippen molar-refractivity contribution in [1.29, 1.82) is 0 Å². The van der Waals surface area contributed by atoms with Crippen LogP contribution in [-0.4, -0.2) is 44.8 Å². The lowest BCUT2D eigenvalue weighted by atomic mass is 9.82. The number of hydrogen-bond acceptors (Lipinski definition) is 5. The van der Waals surface area contributed by atoms with E-state index >= 15 is 4.79 Å². The Labute approximate surface area is 301 Å². The highest BCUT2D eigenvalue weighted by atomic mass is 79.9. The van der Waals surface area contributed by atoms with E-state index in [4.69, 9.17) is 9.47 Å². The zero-order valence-electron chi connectivity index (χ0n) is 28.5. The number of anilines is 3. The fourth-order valence-electron chi connectivity index (χ4n) is 8.99. The van der Waals surface area contributed by atoms with Gasteiger partial charge in [-0.2, -0.15) is 0 Å². The predicted molar refractivity (Wildman–Crippen MR) is 203 cm³/mol. The second-order valence-electron chi connectivity index (χ2n) is 14.2. The topological polar surface area (TPSA) is 79.3 Å². The largest absolute Gasteiger partial charge is 0.497 e. The van der Waals surface area contributed by atoms with Crippen molar-refractivity contribution in [2.45, 2.75) is 50.2 Å². The number of rotatable bonds is 8. The lowest BCUT2D eigenvalue weighted by Crippen LogP contribution is -2.51. The van der Waals surface area contributed by atoms with E-state index in [1.165, 1.54) is 5.19 Å². The summed E-state index contributed by atoms with van der Waals surface area (Å²) in [5, 5.41) is 13.5. The van der Waals surface area contributed by atoms with Crippen molar-refractivity contribution in [2.75, 3.05) is 23.5 Å². The predicted octanol–water partition coefficient (Wildman–Crippen LogP) is 8.05. The maximum atomic E-state index is 15.1. The van der Waals surface area contributed by atoms with Gasteiger partial charge in [0, 0.05) is 33.6 Å². The molecule has 3 heterocycles. The molecule has 1 spiro atoms. The Bertz CT molecular complexity index is 2170. The van der Waals surface area contributed by atoms with Gasteiger partial charge in [0.1, 0.15) is 5.75 Å². The second kappa shape index (κ2) is 12.2. The van der Waals surface area contributed by atoms with E-state index in [-0.39, 0.29) is 36.0 Å². The highest BCUT2D eigenvalue weighted by Gasteiger charge is 2.66. The van der Waals surface area contributed by atoms with Crippen molar-refractivity contribution < 1.29 is 24.2 Å². The van der Waals surface area contributed by atoms with Gasteiger partial charge < -0.3 is 19.5 Å². The maximum absolute atomic E-state index is 15.1. The van der Waals surface area contributed by atoms with Crippen LogP contribution >= 0.6 is 15.9 Å². The van der Waals surface area contributed by atoms with E-state index in [0.29, 0.717) is 18.5 Å². The quantitative estimate of drug-likeness (QED) is 0.163. The van der Waals surface area contributed by atoms with Crippen LogP contribution in [0.3, 0.4) is 0 Å². The molecule has 3 aliphatic rings. The molecule has 0 unspecified atom stereocenters. The number of carbonyl (C=O) groups is 2. The Balaban J connectivity index is 1.17. The van der Waals surface area contributed by atoms with Crippen molar-refractivity contribution >= 4 is 68.8 Å². The Morgan fingerprint density at radius 1 is 0.920 bits per heavy atom. The summed E-state index contributed by atoms with van der Waals surface area (Å²) in [5.41, 5.74) is 3.73. The van der Waals surface area contributed by atoms with Crippen LogP contribution in [0.1, 0.15) is 34.8 Å². The fourth-order valence-corrected chi connectivity index (χ4v) is 13.4. The summed E-state index contributed by atoms with van der Waals surface area (Å²) in [7, 11) is -0.620. The number of halogens is 1. The van der Waals surface area contributed by atoms with Gasteiger partial charge in [-0.1, -0.05) is 89.7 Å². The summed E-state index contributed by atoms with van der Waals surface area (Å²) in [5.74, 6) is 0.486. The monoisotopic (exact) mass is 746 g/mol. The van der Waals surface area contributed by atoms with E-state index in [1.807, 2.05) is 95.9 Å². The summed E-state index contributed by atoms with van der Waals surface area (Å²) in [6.07, 6.45) is 0.143. The lowest BCUT2D eigenvalue weighted by molar-refractivity contribution is -0.146.